The molecule has 164 valence electrons. The van der Waals surface area contributed by atoms with Crippen LogP contribution in [0, 0.1) is 0 Å². The van der Waals surface area contributed by atoms with Gasteiger partial charge in [0.1, 0.15) is 5.82 Å². The number of carbonyl (C=O) groups excluding carboxylic acids is 1. The summed E-state index contributed by atoms with van der Waals surface area (Å²) in [6.07, 6.45) is 0.876. The van der Waals surface area contributed by atoms with Crippen molar-refractivity contribution in [3.63, 3.8) is 0 Å². The van der Waals surface area contributed by atoms with E-state index in [0.717, 1.165) is 12.4 Å². The molecule has 0 radical (unpaired) electrons. The minimum atomic E-state index is -4.48. The number of alkyl halides is 3. The lowest BCUT2D eigenvalue weighted by atomic mass is 10.1. The Labute approximate surface area is 181 Å². The lowest BCUT2D eigenvalue weighted by Gasteiger charge is -2.28. The zero-order chi connectivity index (χ0) is 22.6. The molecule has 0 bridgehead atoms. The number of halogens is 4. The molecule has 0 unspecified atom stereocenters. The molecule has 3 aromatic rings. The van der Waals surface area contributed by atoms with Crippen molar-refractivity contribution in [1.82, 2.24) is 29.9 Å². The Bertz CT molecular complexity index is 1020. The lowest BCUT2D eigenvalue weighted by molar-refractivity contribution is -0.138. The molecule has 31 heavy (non-hydrogen) atoms. The van der Waals surface area contributed by atoms with Crippen molar-refractivity contribution in [2.24, 2.45) is 0 Å². The summed E-state index contributed by atoms with van der Waals surface area (Å²) in [6, 6.07) is 4.65. The Morgan fingerprint density at radius 1 is 1.19 bits per heavy atom. The van der Waals surface area contributed by atoms with Gasteiger partial charge in [0.2, 0.25) is 0 Å². The molecule has 11 heteroatoms. The maximum absolute atomic E-state index is 13.3. The van der Waals surface area contributed by atoms with E-state index in [1.807, 2.05) is 13.8 Å². The van der Waals surface area contributed by atoms with Crippen molar-refractivity contribution in [3.8, 4) is 5.69 Å². The average Bonchev–Trinajstić information content (AvgIpc) is 3.27. The fraction of sp³-hybridized carbons (Fsp3) is 0.350. The molecule has 7 nitrogen and oxygen atoms in total. The molecule has 2 aromatic heterocycles. The number of hydrogen-bond donors (Lipinski definition) is 0. The van der Waals surface area contributed by atoms with Crippen LogP contribution in [0.3, 0.4) is 0 Å². The van der Waals surface area contributed by atoms with Gasteiger partial charge in [0, 0.05) is 36.4 Å². The first-order chi connectivity index (χ1) is 14.7. The number of amides is 1. The number of hydrogen-bond acceptors (Lipinski definition) is 5. The van der Waals surface area contributed by atoms with E-state index >= 15 is 0 Å². The second kappa shape index (κ2) is 9.42. The standard InChI is InChI=1S/C20H20ClF3N6O/c1-3-29(13(2)4-7-18-25-11-14(12-26-18)20(22,23)24)19(31)16-6-5-15(21)10-17(16)30-27-8-9-28-30/h5-6,8-13H,3-4,7H2,1-2H3/t13-/m0/s1. The van der Waals surface area contributed by atoms with Crippen molar-refractivity contribution in [3.05, 3.63) is 65.0 Å². The van der Waals surface area contributed by atoms with Crippen LogP contribution in [-0.2, 0) is 12.6 Å². The maximum atomic E-state index is 13.3. The number of rotatable bonds is 7. The molecule has 2 heterocycles. The molecule has 0 saturated carbocycles. The monoisotopic (exact) mass is 452 g/mol. The topological polar surface area (TPSA) is 76.8 Å². The van der Waals surface area contributed by atoms with E-state index in [2.05, 4.69) is 20.2 Å². The minimum Gasteiger partial charge on any atom is -0.336 e. The van der Waals surface area contributed by atoms with Gasteiger partial charge >= 0.3 is 6.18 Å². The third-order valence-electron chi connectivity index (χ3n) is 4.78. The number of aryl methyl sites for hydroxylation is 1. The molecule has 0 fully saturated rings. The van der Waals surface area contributed by atoms with E-state index in [0.29, 0.717) is 35.7 Å². The van der Waals surface area contributed by atoms with Crippen molar-refractivity contribution in [1.29, 1.82) is 0 Å². The summed E-state index contributed by atoms with van der Waals surface area (Å²) >= 11 is 6.09. The first-order valence-electron chi connectivity index (χ1n) is 9.56. The highest BCUT2D eigenvalue weighted by atomic mass is 35.5. The fourth-order valence-corrected chi connectivity index (χ4v) is 3.29. The molecule has 0 aliphatic rings. The highest BCUT2D eigenvalue weighted by Crippen LogP contribution is 2.28. The van der Waals surface area contributed by atoms with Crippen LogP contribution < -0.4 is 0 Å². The van der Waals surface area contributed by atoms with Gasteiger partial charge in [0.15, 0.2) is 0 Å². The van der Waals surface area contributed by atoms with Crippen molar-refractivity contribution >= 4 is 17.5 Å². The van der Waals surface area contributed by atoms with Crippen molar-refractivity contribution in [2.75, 3.05) is 6.54 Å². The van der Waals surface area contributed by atoms with E-state index in [-0.39, 0.29) is 17.8 Å². The first-order valence-corrected chi connectivity index (χ1v) is 9.93. The molecule has 1 aromatic carbocycles. The van der Waals surface area contributed by atoms with Crippen LogP contribution in [0.1, 0.15) is 42.0 Å². The normalized spacial score (nSPS) is 12.6. The Morgan fingerprint density at radius 2 is 1.84 bits per heavy atom. The van der Waals surface area contributed by atoms with Gasteiger partial charge in [-0.2, -0.15) is 28.2 Å². The average molecular weight is 453 g/mol. The molecule has 0 aliphatic heterocycles. The van der Waals surface area contributed by atoms with Gasteiger partial charge in [0.25, 0.3) is 5.91 Å². The lowest BCUT2D eigenvalue weighted by Crippen LogP contribution is -2.39. The van der Waals surface area contributed by atoms with Crippen LogP contribution in [0.15, 0.2) is 43.0 Å². The van der Waals surface area contributed by atoms with Crippen LogP contribution >= 0.6 is 11.6 Å². The summed E-state index contributed by atoms with van der Waals surface area (Å²) in [5.41, 5.74) is -0.0449. The highest BCUT2D eigenvalue weighted by Gasteiger charge is 2.31. The van der Waals surface area contributed by atoms with Gasteiger partial charge in [-0.3, -0.25) is 4.79 Å². The molecule has 0 aliphatic carbocycles. The molecule has 0 spiro atoms. The molecule has 1 atom stereocenters. The van der Waals surface area contributed by atoms with E-state index < -0.39 is 11.7 Å². The predicted octanol–water partition coefficient (Wildman–Crippen LogP) is 4.21. The third kappa shape index (κ3) is 5.38. The Morgan fingerprint density at radius 3 is 2.42 bits per heavy atom. The summed E-state index contributed by atoms with van der Waals surface area (Å²) in [5, 5.41) is 8.60. The predicted molar refractivity (Wildman–Crippen MR) is 108 cm³/mol. The summed E-state index contributed by atoms with van der Waals surface area (Å²) < 4.78 is 38.0. The smallest absolute Gasteiger partial charge is 0.336 e. The second-order valence-electron chi connectivity index (χ2n) is 6.84. The summed E-state index contributed by atoms with van der Waals surface area (Å²) in [6.45, 7) is 4.15. The summed E-state index contributed by atoms with van der Waals surface area (Å²) in [5.74, 6) is 0.0589. The third-order valence-corrected chi connectivity index (χ3v) is 5.01. The fourth-order valence-electron chi connectivity index (χ4n) is 3.13. The molecular weight excluding hydrogens is 433 g/mol. The maximum Gasteiger partial charge on any atom is 0.419 e. The van der Waals surface area contributed by atoms with E-state index in [4.69, 9.17) is 11.6 Å². The molecule has 1 amide bonds. The van der Waals surface area contributed by atoms with Crippen LogP contribution in [-0.4, -0.2) is 48.4 Å². The van der Waals surface area contributed by atoms with E-state index in [9.17, 15) is 18.0 Å². The van der Waals surface area contributed by atoms with Crippen LogP contribution in [0.4, 0.5) is 13.2 Å². The molecular formula is C20H20ClF3N6O. The van der Waals surface area contributed by atoms with Crippen LogP contribution in [0.5, 0.6) is 0 Å². The molecule has 0 N–H and O–H groups in total. The summed E-state index contributed by atoms with van der Waals surface area (Å²) in [7, 11) is 0. The first kappa shape index (κ1) is 22.7. The number of aromatic nitrogens is 5. The number of carbonyl (C=O) groups is 1. The van der Waals surface area contributed by atoms with E-state index in [1.54, 1.807) is 23.1 Å². The van der Waals surface area contributed by atoms with Crippen LogP contribution in [0.2, 0.25) is 5.02 Å². The summed E-state index contributed by atoms with van der Waals surface area (Å²) in [4.78, 5) is 23.9. The van der Waals surface area contributed by atoms with Crippen LogP contribution in [0.25, 0.3) is 5.69 Å². The number of nitrogens with zero attached hydrogens (tertiary/aromatic N) is 6. The van der Waals surface area contributed by atoms with Gasteiger partial charge in [-0.05, 0) is 38.5 Å². The van der Waals surface area contributed by atoms with Gasteiger partial charge < -0.3 is 4.90 Å². The molecule has 3 rings (SSSR count). The van der Waals surface area contributed by atoms with Gasteiger partial charge in [0.05, 0.1) is 29.2 Å². The largest absolute Gasteiger partial charge is 0.419 e. The van der Waals surface area contributed by atoms with Gasteiger partial charge in [-0.15, -0.1) is 0 Å². The molecule has 0 saturated heterocycles. The van der Waals surface area contributed by atoms with Crippen molar-refractivity contribution in [2.45, 2.75) is 38.9 Å². The van der Waals surface area contributed by atoms with Crippen molar-refractivity contribution < 1.29 is 18.0 Å². The zero-order valence-electron chi connectivity index (χ0n) is 16.8. The van der Waals surface area contributed by atoms with E-state index in [1.165, 1.54) is 17.2 Å². The Balaban J connectivity index is 1.74. The van der Waals surface area contributed by atoms with Gasteiger partial charge in [-0.25, -0.2) is 9.97 Å². The second-order valence-corrected chi connectivity index (χ2v) is 7.28. The zero-order valence-corrected chi connectivity index (χ0v) is 17.6. The number of benzene rings is 1. The highest BCUT2D eigenvalue weighted by molar-refractivity contribution is 6.31. The van der Waals surface area contributed by atoms with Gasteiger partial charge in [-0.1, -0.05) is 11.6 Å². The quantitative estimate of drug-likeness (QED) is 0.536. The SMILES string of the molecule is CCN(C(=O)c1ccc(Cl)cc1-n1nccn1)[C@@H](C)CCc1ncc(C(F)(F)F)cn1. The minimum absolute atomic E-state index is 0.211. The Hall–Kier alpha value is -3.01. The Kier molecular flexibility index (Phi) is 6.89.